The van der Waals surface area contributed by atoms with E-state index in [9.17, 15) is 13.2 Å². The highest BCUT2D eigenvalue weighted by Gasteiger charge is 2.15. The fraction of sp³-hybridized carbons (Fsp3) is 0.238. The number of nitrogens with zero attached hydrogens (tertiary/aromatic N) is 1. The van der Waals surface area contributed by atoms with Crippen LogP contribution in [0.5, 0.6) is 0 Å². The molecule has 0 atom stereocenters. The van der Waals surface area contributed by atoms with Gasteiger partial charge in [0.25, 0.3) is 5.91 Å². The van der Waals surface area contributed by atoms with Crippen LogP contribution in [0.15, 0.2) is 47.4 Å². The lowest BCUT2D eigenvalue weighted by Crippen LogP contribution is -2.25. The SMILES string of the molecule is Cc1ccc(Nc2nc(C)c(C(=O)NCCc3ccc(S(N)(=O)=O)cc3)s2)c(C)c1. The second-order valence-electron chi connectivity index (χ2n) is 7.07. The molecule has 0 aliphatic rings. The first-order chi connectivity index (χ1) is 14.1. The number of carbonyl (C=O) groups is 1. The van der Waals surface area contributed by atoms with Crippen LogP contribution in [0.2, 0.25) is 0 Å². The number of hydrogen-bond donors (Lipinski definition) is 3. The van der Waals surface area contributed by atoms with Gasteiger partial charge < -0.3 is 10.6 Å². The Morgan fingerprint density at radius 3 is 2.43 bits per heavy atom. The summed E-state index contributed by atoms with van der Waals surface area (Å²) in [5.41, 5.74) is 4.84. The Hall–Kier alpha value is -2.75. The molecule has 0 radical (unpaired) electrons. The first-order valence-corrected chi connectivity index (χ1v) is 11.7. The van der Waals surface area contributed by atoms with Crippen LogP contribution in [0, 0.1) is 20.8 Å². The molecular formula is C21H24N4O3S2. The largest absolute Gasteiger partial charge is 0.351 e. The second-order valence-corrected chi connectivity index (χ2v) is 9.63. The van der Waals surface area contributed by atoms with Gasteiger partial charge >= 0.3 is 0 Å². The number of thiazole rings is 1. The van der Waals surface area contributed by atoms with Crippen molar-refractivity contribution in [2.24, 2.45) is 5.14 Å². The maximum Gasteiger partial charge on any atom is 0.263 e. The summed E-state index contributed by atoms with van der Waals surface area (Å²) in [6.07, 6.45) is 0.572. The van der Waals surface area contributed by atoms with Gasteiger partial charge in [-0.3, -0.25) is 4.79 Å². The van der Waals surface area contributed by atoms with Gasteiger partial charge in [-0.15, -0.1) is 0 Å². The molecule has 2 aromatic carbocycles. The molecule has 1 heterocycles. The van der Waals surface area contributed by atoms with E-state index < -0.39 is 10.0 Å². The zero-order valence-electron chi connectivity index (χ0n) is 17.0. The molecule has 0 aliphatic heterocycles. The molecule has 0 unspecified atom stereocenters. The van der Waals surface area contributed by atoms with E-state index in [-0.39, 0.29) is 10.8 Å². The number of benzene rings is 2. The van der Waals surface area contributed by atoms with Crippen LogP contribution in [0.3, 0.4) is 0 Å². The summed E-state index contributed by atoms with van der Waals surface area (Å²) in [6.45, 7) is 6.30. The molecule has 7 nitrogen and oxygen atoms in total. The van der Waals surface area contributed by atoms with E-state index in [1.165, 1.54) is 29.0 Å². The highest BCUT2D eigenvalue weighted by Crippen LogP contribution is 2.27. The van der Waals surface area contributed by atoms with Crippen LogP contribution in [-0.2, 0) is 16.4 Å². The fourth-order valence-corrected chi connectivity index (χ4v) is 4.39. The quantitative estimate of drug-likeness (QED) is 0.517. The van der Waals surface area contributed by atoms with Gasteiger partial charge in [-0.2, -0.15) is 0 Å². The topological polar surface area (TPSA) is 114 Å². The Labute approximate surface area is 180 Å². The molecule has 1 aromatic heterocycles. The summed E-state index contributed by atoms with van der Waals surface area (Å²) in [6, 6.07) is 12.4. The number of hydrogen-bond acceptors (Lipinski definition) is 6. The van der Waals surface area contributed by atoms with E-state index in [1.54, 1.807) is 12.1 Å². The third kappa shape index (κ3) is 5.44. The van der Waals surface area contributed by atoms with Gasteiger partial charge in [-0.1, -0.05) is 41.2 Å². The third-order valence-corrected chi connectivity index (χ3v) is 6.58. The van der Waals surface area contributed by atoms with Crippen molar-refractivity contribution in [3.8, 4) is 0 Å². The molecule has 9 heteroatoms. The molecule has 0 spiro atoms. The normalized spacial score (nSPS) is 11.3. The minimum atomic E-state index is -3.70. The Morgan fingerprint density at radius 2 is 1.80 bits per heavy atom. The van der Waals surface area contributed by atoms with Gasteiger partial charge in [-0.25, -0.2) is 18.5 Å². The van der Waals surface area contributed by atoms with Crippen LogP contribution in [0.25, 0.3) is 0 Å². The van der Waals surface area contributed by atoms with Crippen molar-refractivity contribution in [3.05, 3.63) is 69.7 Å². The summed E-state index contributed by atoms with van der Waals surface area (Å²) in [4.78, 5) is 17.7. The van der Waals surface area contributed by atoms with Crippen molar-refractivity contribution in [1.29, 1.82) is 0 Å². The first kappa shape index (κ1) is 21.9. The Kier molecular flexibility index (Phi) is 6.55. The number of amides is 1. The standard InChI is InChI=1S/C21H24N4O3S2/c1-13-4-9-18(14(2)12-13)25-21-24-15(3)19(29-21)20(26)23-11-10-16-5-7-17(8-6-16)30(22,27)28/h4-9,12H,10-11H2,1-3H3,(H,23,26)(H,24,25)(H2,22,27,28). The van der Waals surface area contributed by atoms with E-state index in [4.69, 9.17) is 5.14 Å². The van der Waals surface area contributed by atoms with Gasteiger partial charge in [0.15, 0.2) is 5.13 Å². The summed E-state index contributed by atoms with van der Waals surface area (Å²) in [5, 5.41) is 11.9. The van der Waals surface area contributed by atoms with E-state index in [1.807, 2.05) is 32.9 Å². The molecule has 4 N–H and O–H groups in total. The predicted molar refractivity (Wildman–Crippen MR) is 120 cm³/mol. The summed E-state index contributed by atoms with van der Waals surface area (Å²) in [7, 11) is -3.70. The first-order valence-electron chi connectivity index (χ1n) is 9.35. The van der Waals surface area contributed by atoms with Crippen molar-refractivity contribution in [2.45, 2.75) is 32.1 Å². The van der Waals surface area contributed by atoms with Crippen LogP contribution in [-0.4, -0.2) is 25.9 Å². The van der Waals surface area contributed by atoms with Gasteiger partial charge in [0, 0.05) is 12.2 Å². The van der Waals surface area contributed by atoms with E-state index in [0.717, 1.165) is 16.8 Å². The van der Waals surface area contributed by atoms with Crippen LogP contribution < -0.4 is 15.8 Å². The fourth-order valence-electron chi connectivity index (χ4n) is 2.98. The number of aryl methyl sites for hydroxylation is 3. The molecule has 0 bridgehead atoms. The summed E-state index contributed by atoms with van der Waals surface area (Å²) in [5.74, 6) is -0.181. The number of sulfonamides is 1. The van der Waals surface area contributed by atoms with Crippen LogP contribution in [0.1, 0.15) is 32.1 Å². The molecule has 0 saturated carbocycles. The second kappa shape index (κ2) is 8.95. The van der Waals surface area contributed by atoms with Gasteiger partial charge in [0.05, 0.1) is 10.6 Å². The highest BCUT2D eigenvalue weighted by atomic mass is 32.2. The maximum absolute atomic E-state index is 12.6. The summed E-state index contributed by atoms with van der Waals surface area (Å²) >= 11 is 1.31. The number of rotatable bonds is 7. The molecule has 3 aromatic rings. The highest BCUT2D eigenvalue weighted by molar-refractivity contribution is 7.89. The third-order valence-electron chi connectivity index (χ3n) is 4.58. The molecule has 3 rings (SSSR count). The smallest absolute Gasteiger partial charge is 0.263 e. The average Bonchev–Trinajstić information content (AvgIpc) is 3.04. The molecule has 0 saturated heterocycles. The van der Waals surface area contributed by atoms with Gasteiger partial charge in [0.2, 0.25) is 10.0 Å². The van der Waals surface area contributed by atoms with Crippen molar-refractivity contribution in [2.75, 3.05) is 11.9 Å². The van der Waals surface area contributed by atoms with Crippen molar-refractivity contribution < 1.29 is 13.2 Å². The Bertz CT molecular complexity index is 1170. The van der Waals surface area contributed by atoms with Crippen molar-refractivity contribution >= 4 is 38.1 Å². The number of nitrogens with one attached hydrogen (secondary N) is 2. The zero-order chi connectivity index (χ0) is 21.9. The Balaban J connectivity index is 1.59. The molecule has 1 amide bonds. The number of aromatic nitrogens is 1. The van der Waals surface area contributed by atoms with Gasteiger partial charge in [-0.05, 0) is 56.5 Å². The number of nitrogens with two attached hydrogens (primary N) is 1. The van der Waals surface area contributed by atoms with E-state index >= 15 is 0 Å². The Morgan fingerprint density at radius 1 is 1.10 bits per heavy atom. The lowest BCUT2D eigenvalue weighted by Gasteiger charge is -2.07. The van der Waals surface area contributed by atoms with E-state index in [0.29, 0.717) is 28.7 Å². The van der Waals surface area contributed by atoms with Crippen molar-refractivity contribution in [1.82, 2.24) is 10.3 Å². The molecular weight excluding hydrogens is 420 g/mol. The van der Waals surface area contributed by atoms with Crippen LogP contribution >= 0.6 is 11.3 Å². The minimum absolute atomic E-state index is 0.0689. The molecule has 30 heavy (non-hydrogen) atoms. The molecule has 158 valence electrons. The monoisotopic (exact) mass is 444 g/mol. The number of carbonyl (C=O) groups excluding carboxylic acids is 1. The summed E-state index contributed by atoms with van der Waals surface area (Å²) < 4.78 is 22.6. The minimum Gasteiger partial charge on any atom is -0.351 e. The number of primary sulfonamides is 1. The van der Waals surface area contributed by atoms with E-state index in [2.05, 4.69) is 21.7 Å². The zero-order valence-corrected chi connectivity index (χ0v) is 18.7. The predicted octanol–water partition coefficient (Wildman–Crippen LogP) is 3.43. The average molecular weight is 445 g/mol. The molecule has 0 fully saturated rings. The lowest BCUT2D eigenvalue weighted by atomic mass is 10.1. The lowest BCUT2D eigenvalue weighted by molar-refractivity contribution is 0.0957. The number of anilines is 2. The molecule has 0 aliphatic carbocycles. The van der Waals surface area contributed by atoms with Crippen molar-refractivity contribution in [3.63, 3.8) is 0 Å². The van der Waals surface area contributed by atoms with Crippen LogP contribution in [0.4, 0.5) is 10.8 Å². The maximum atomic E-state index is 12.6. The van der Waals surface area contributed by atoms with Gasteiger partial charge in [0.1, 0.15) is 4.88 Å².